The first-order chi connectivity index (χ1) is 17.4. The maximum absolute atomic E-state index is 10.9. The van der Waals surface area contributed by atoms with Gasteiger partial charge in [-0.15, -0.1) is 0 Å². The van der Waals surface area contributed by atoms with Crippen LogP contribution in [0.2, 0.25) is 10.0 Å². The number of aromatic nitrogens is 1. The Morgan fingerprint density at radius 1 is 0.944 bits per heavy atom. The first-order valence-corrected chi connectivity index (χ1v) is 13.4. The molecule has 194 valence electrons. The number of aliphatic hydroxyl groups excluding tert-OH is 1. The molecule has 1 heterocycles. The van der Waals surface area contributed by atoms with Crippen LogP contribution in [-0.4, -0.2) is 41.3 Å². The largest absolute Gasteiger partial charge is 0.396 e. The molecule has 0 aliphatic rings. The number of rotatable bonds is 15. The van der Waals surface area contributed by atoms with E-state index in [0.717, 1.165) is 63.2 Å². The number of ether oxygens (including phenoxy) is 1. The lowest BCUT2D eigenvalue weighted by molar-refractivity contribution is 0.107. The summed E-state index contributed by atoms with van der Waals surface area (Å²) in [7, 11) is 0. The van der Waals surface area contributed by atoms with Crippen molar-refractivity contribution >= 4 is 28.9 Å². The van der Waals surface area contributed by atoms with E-state index in [1.165, 1.54) is 5.56 Å². The van der Waals surface area contributed by atoms with Gasteiger partial charge >= 0.3 is 0 Å². The molecule has 0 saturated carbocycles. The molecule has 1 aromatic heterocycles. The van der Waals surface area contributed by atoms with Crippen molar-refractivity contribution in [2.75, 3.05) is 32.0 Å². The predicted octanol–water partition coefficient (Wildman–Crippen LogP) is 6.63. The highest BCUT2D eigenvalue weighted by atomic mass is 35.5. The summed E-state index contributed by atoms with van der Waals surface area (Å²) in [5.74, 6) is 0. The molecule has 1 unspecified atom stereocenters. The summed E-state index contributed by atoms with van der Waals surface area (Å²) in [5.41, 5.74) is 10.2. The van der Waals surface area contributed by atoms with E-state index in [-0.39, 0.29) is 0 Å². The standard InChI is InChI=1S/C29H37Cl2N3O2/c1-22-10-9-13-25(33-22)14-17-36-16-8-3-2-7-15-34(20-23-11-5-4-6-12-23)21-28(35)24-18-26(30)29(32)27(31)19-24/h4-6,9-13,18-19,28,35H,2-3,7-8,14-17,20-21,32H2,1H3. The number of aryl methyl sites for hydroxylation is 1. The Bertz CT molecular complexity index is 1040. The Kier molecular flexibility index (Phi) is 12.0. The van der Waals surface area contributed by atoms with Crippen molar-refractivity contribution in [2.45, 2.75) is 51.7 Å². The molecule has 2 aromatic carbocycles. The lowest BCUT2D eigenvalue weighted by Gasteiger charge is -2.26. The minimum absolute atomic E-state index is 0.339. The second kappa shape index (κ2) is 15.2. The number of pyridine rings is 1. The number of nitrogen functional groups attached to an aromatic ring is 1. The highest BCUT2D eigenvalue weighted by Crippen LogP contribution is 2.31. The summed E-state index contributed by atoms with van der Waals surface area (Å²) in [6.07, 6.45) is 4.47. The van der Waals surface area contributed by atoms with Gasteiger partial charge in [0, 0.05) is 37.5 Å². The van der Waals surface area contributed by atoms with Crippen molar-refractivity contribution in [1.29, 1.82) is 0 Å². The molecular formula is C29H37Cl2N3O2. The van der Waals surface area contributed by atoms with Crippen LogP contribution in [0.5, 0.6) is 0 Å². The fourth-order valence-electron chi connectivity index (χ4n) is 4.13. The topological polar surface area (TPSA) is 71.6 Å². The maximum Gasteiger partial charge on any atom is 0.0918 e. The van der Waals surface area contributed by atoms with Gasteiger partial charge in [0.2, 0.25) is 0 Å². The average Bonchev–Trinajstić information content (AvgIpc) is 2.86. The van der Waals surface area contributed by atoms with Crippen molar-refractivity contribution in [3.8, 4) is 0 Å². The molecule has 36 heavy (non-hydrogen) atoms. The van der Waals surface area contributed by atoms with Gasteiger partial charge in [-0.05, 0) is 61.7 Å². The second-order valence-electron chi connectivity index (χ2n) is 9.18. The van der Waals surface area contributed by atoms with E-state index in [9.17, 15) is 5.11 Å². The molecule has 0 aliphatic heterocycles. The fourth-order valence-corrected chi connectivity index (χ4v) is 4.64. The molecule has 0 aliphatic carbocycles. The quantitative estimate of drug-likeness (QED) is 0.170. The Labute approximate surface area is 225 Å². The Hall–Kier alpha value is -2.15. The van der Waals surface area contributed by atoms with Crippen molar-refractivity contribution in [3.05, 3.63) is 93.2 Å². The normalized spacial score (nSPS) is 12.2. The molecule has 3 N–H and O–H groups in total. The predicted molar refractivity (Wildman–Crippen MR) is 150 cm³/mol. The molecule has 0 fully saturated rings. The van der Waals surface area contributed by atoms with E-state index in [2.05, 4.69) is 22.0 Å². The third kappa shape index (κ3) is 9.72. The number of halogens is 2. The highest BCUT2D eigenvalue weighted by Gasteiger charge is 2.16. The minimum atomic E-state index is -0.708. The zero-order valence-corrected chi connectivity index (χ0v) is 22.5. The molecule has 5 nitrogen and oxygen atoms in total. The van der Waals surface area contributed by atoms with Gasteiger partial charge in [0.25, 0.3) is 0 Å². The molecule has 0 radical (unpaired) electrons. The average molecular weight is 531 g/mol. The number of benzene rings is 2. The van der Waals surface area contributed by atoms with Crippen LogP contribution in [0.1, 0.15) is 54.3 Å². The van der Waals surface area contributed by atoms with E-state index in [1.807, 2.05) is 43.3 Å². The van der Waals surface area contributed by atoms with Gasteiger partial charge in [0.1, 0.15) is 0 Å². The zero-order valence-electron chi connectivity index (χ0n) is 21.0. The van der Waals surface area contributed by atoms with Crippen LogP contribution in [0.25, 0.3) is 0 Å². The van der Waals surface area contributed by atoms with Crippen molar-refractivity contribution in [2.24, 2.45) is 0 Å². The lowest BCUT2D eigenvalue weighted by Crippen LogP contribution is -2.29. The number of nitrogens with zero attached hydrogens (tertiary/aromatic N) is 2. The monoisotopic (exact) mass is 529 g/mol. The number of aliphatic hydroxyl groups is 1. The molecule has 0 spiro atoms. The van der Waals surface area contributed by atoms with Crippen LogP contribution in [0.4, 0.5) is 5.69 Å². The van der Waals surface area contributed by atoms with Gasteiger partial charge in [-0.25, -0.2) is 0 Å². The summed E-state index contributed by atoms with van der Waals surface area (Å²) in [6, 6.07) is 19.8. The minimum Gasteiger partial charge on any atom is -0.396 e. The number of anilines is 1. The van der Waals surface area contributed by atoms with Gasteiger partial charge in [-0.1, -0.05) is 72.4 Å². The maximum atomic E-state index is 10.9. The number of hydrogen-bond donors (Lipinski definition) is 2. The number of hydrogen-bond acceptors (Lipinski definition) is 5. The van der Waals surface area contributed by atoms with Gasteiger partial charge in [-0.2, -0.15) is 0 Å². The number of unbranched alkanes of at least 4 members (excludes halogenated alkanes) is 3. The second-order valence-corrected chi connectivity index (χ2v) is 10.00. The molecule has 0 bridgehead atoms. The third-order valence-corrected chi connectivity index (χ3v) is 6.75. The van der Waals surface area contributed by atoms with Gasteiger partial charge < -0.3 is 15.6 Å². The smallest absolute Gasteiger partial charge is 0.0918 e. The summed E-state index contributed by atoms with van der Waals surface area (Å²) < 4.78 is 5.80. The summed E-state index contributed by atoms with van der Waals surface area (Å²) in [5, 5.41) is 11.6. The first kappa shape index (κ1) is 28.4. The fraction of sp³-hybridized carbons (Fsp3) is 0.414. The Morgan fingerprint density at radius 3 is 2.39 bits per heavy atom. The van der Waals surface area contributed by atoms with Crippen LogP contribution in [0.3, 0.4) is 0 Å². The summed E-state index contributed by atoms with van der Waals surface area (Å²) in [4.78, 5) is 6.79. The van der Waals surface area contributed by atoms with Crippen molar-refractivity contribution in [1.82, 2.24) is 9.88 Å². The van der Waals surface area contributed by atoms with Crippen molar-refractivity contribution < 1.29 is 9.84 Å². The Morgan fingerprint density at radius 2 is 1.67 bits per heavy atom. The summed E-state index contributed by atoms with van der Waals surface area (Å²) >= 11 is 12.4. The van der Waals surface area contributed by atoms with Gasteiger partial charge in [0.15, 0.2) is 0 Å². The molecule has 7 heteroatoms. The first-order valence-electron chi connectivity index (χ1n) is 12.6. The van der Waals surface area contributed by atoms with Crippen LogP contribution in [0, 0.1) is 6.92 Å². The van der Waals surface area contributed by atoms with Gasteiger partial charge in [-0.3, -0.25) is 9.88 Å². The van der Waals surface area contributed by atoms with E-state index in [4.69, 9.17) is 33.7 Å². The van der Waals surface area contributed by atoms with Crippen LogP contribution < -0.4 is 5.73 Å². The molecule has 1 atom stereocenters. The van der Waals surface area contributed by atoms with Crippen LogP contribution in [0.15, 0.2) is 60.7 Å². The Balaban J connectivity index is 1.40. The van der Waals surface area contributed by atoms with Crippen LogP contribution in [-0.2, 0) is 17.7 Å². The molecular weight excluding hydrogens is 493 g/mol. The molecule has 3 rings (SSSR count). The highest BCUT2D eigenvalue weighted by molar-refractivity contribution is 6.38. The zero-order chi connectivity index (χ0) is 25.8. The van der Waals surface area contributed by atoms with E-state index in [1.54, 1.807) is 12.1 Å². The lowest BCUT2D eigenvalue weighted by atomic mass is 10.1. The third-order valence-electron chi connectivity index (χ3n) is 6.13. The molecule has 0 saturated heterocycles. The van der Waals surface area contributed by atoms with E-state index < -0.39 is 6.10 Å². The summed E-state index contributed by atoms with van der Waals surface area (Å²) in [6.45, 7) is 5.64. The van der Waals surface area contributed by atoms with Gasteiger partial charge in [0.05, 0.1) is 28.4 Å². The molecule has 3 aromatic rings. The molecule has 0 amide bonds. The van der Waals surface area contributed by atoms with Crippen LogP contribution >= 0.6 is 23.2 Å². The number of nitrogens with two attached hydrogens (primary N) is 1. The van der Waals surface area contributed by atoms with Crippen molar-refractivity contribution in [3.63, 3.8) is 0 Å². The van der Waals surface area contributed by atoms with E-state index in [0.29, 0.717) is 34.4 Å². The SMILES string of the molecule is Cc1cccc(CCOCCCCCCN(Cc2ccccc2)CC(O)c2cc(Cl)c(N)c(Cl)c2)n1. The van der Waals surface area contributed by atoms with E-state index >= 15 is 0 Å².